The molecular formula is C29H31N3O7. The molecule has 10 heteroatoms. The molecule has 0 aliphatic heterocycles. The van der Waals surface area contributed by atoms with Gasteiger partial charge in [-0.3, -0.25) is 0 Å². The third-order valence-corrected chi connectivity index (χ3v) is 5.74. The summed E-state index contributed by atoms with van der Waals surface area (Å²) in [7, 11) is 5.95. The van der Waals surface area contributed by atoms with Crippen LogP contribution in [0, 0.1) is 0 Å². The molecular weight excluding hydrogens is 502 g/mol. The second-order valence-electron chi connectivity index (χ2n) is 8.35. The van der Waals surface area contributed by atoms with Gasteiger partial charge < -0.3 is 33.7 Å². The highest BCUT2D eigenvalue weighted by molar-refractivity contribution is 6.00. The van der Waals surface area contributed by atoms with Crippen molar-refractivity contribution in [2.24, 2.45) is 0 Å². The summed E-state index contributed by atoms with van der Waals surface area (Å²) in [5, 5.41) is 8.21. The van der Waals surface area contributed by atoms with E-state index in [2.05, 4.69) is 5.32 Å². The second-order valence-corrected chi connectivity index (χ2v) is 8.35. The van der Waals surface area contributed by atoms with Gasteiger partial charge in [0.1, 0.15) is 28.6 Å². The quantitative estimate of drug-likeness (QED) is 0.186. The van der Waals surface area contributed by atoms with Crippen LogP contribution in [0.3, 0.4) is 0 Å². The normalized spacial score (nSPS) is 10.7. The van der Waals surface area contributed by atoms with Gasteiger partial charge in [0.15, 0.2) is 13.6 Å². The number of nitrogens with zero attached hydrogens (tertiary/aromatic N) is 2. The molecule has 204 valence electrons. The van der Waals surface area contributed by atoms with E-state index in [-0.39, 0.29) is 24.9 Å². The van der Waals surface area contributed by atoms with E-state index in [1.54, 1.807) is 19.2 Å². The fourth-order valence-electron chi connectivity index (χ4n) is 3.88. The Bertz CT molecular complexity index is 1370. The van der Waals surface area contributed by atoms with Crippen LogP contribution in [0.1, 0.15) is 15.9 Å². The highest BCUT2D eigenvalue weighted by atomic mass is 16.7. The first-order chi connectivity index (χ1) is 19.1. The number of nitrogens with one attached hydrogen (secondary N) is 1. The van der Waals surface area contributed by atoms with E-state index in [4.69, 9.17) is 33.5 Å². The van der Waals surface area contributed by atoms with E-state index in [1.165, 1.54) is 21.3 Å². The Labute approximate surface area is 227 Å². The first-order valence-electron chi connectivity index (χ1n) is 12.1. The molecule has 0 bridgehead atoms. The molecule has 0 aliphatic carbocycles. The Morgan fingerprint density at radius 3 is 2.23 bits per heavy atom. The molecule has 0 radical (unpaired) electrons. The Morgan fingerprint density at radius 2 is 1.56 bits per heavy atom. The summed E-state index contributed by atoms with van der Waals surface area (Å²) in [6.07, 6.45) is 0. The minimum Gasteiger partial charge on any atom is -0.497 e. The van der Waals surface area contributed by atoms with Gasteiger partial charge in [-0.25, -0.2) is 9.48 Å². The van der Waals surface area contributed by atoms with Crippen LogP contribution in [-0.4, -0.2) is 57.8 Å². The number of hydrogen-bond acceptors (Lipinski definition) is 9. The number of carbonyl (C=O) groups excluding carboxylic acids is 1. The number of aromatic nitrogens is 2. The zero-order valence-corrected chi connectivity index (χ0v) is 22.3. The van der Waals surface area contributed by atoms with Gasteiger partial charge in [0, 0.05) is 38.0 Å². The van der Waals surface area contributed by atoms with Crippen molar-refractivity contribution in [2.45, 2.75) is 6.54 Å². The molecule has 3 aromatic carbocycles. The molecule has 1 N–H and O–H groups in total. The van der Waals surface area contributed by atoms with Crippen molar-refractivity contribution < 1.29 is 33.2 Å². The number of anilines is 2. The van der Waals surface area contributed by atoms with Gasteiger partial charge in [0.05, 0.1) is 32.1 Å². The van der Waals surface area contributed by atoms with Gasteiger partial charge >= 0.3 is 5.97 Å². The summed E-state index contributed by atoms with van der Waals surface area (Å²) in [5.74, 6) is 1.46. The largest absolute Gasteiger partial charge is 0.497 e. The van der Waals surface area contributed by atoms with Crippen LogP contribution in [0.15, 0.2) is 72.8 Å². The monoisotopic (exact) mass is 533 g/mol. The van der Waals surface area contributed by atoms with Crippen molar-refractivity contribution >= 4 is 17.5 Å². The van der Waals surface area contributed by atoms with E-state index in [0.717, 1.165) is 22.6 Å². The van der Waals surface area contributed by atoms with Gasteiger partial charge in [-0.1, -0.05) is 42.5 Å². The maximum atomic E-state index is 12.9. The third-order valence-electron chi connectivity index (χ3n) is 5.74. The molecule has 4 rings (SSSR count). The predicted octanol–water partition coefficient (Wildman–Crippen LogP) is 5.10. The summed E-state index contributed by atoms with van der Waals surface area (Å²) in [6, 6.07) is 22.8. The van der Waals surface area contributed by atoms with Crippen LogP contribution in [0.2, 0.25) is 0 Å². The molecule has 0 saturated carbocycles. The first kappa shape index (κ1) is 27.5. The zero-order valence-electron chi connectivity index (χ0n) is 22.3. The molecule has 4 aromatic rings. The fraction of sp³-hybridized carbons (Fsp3) is 0.241. The van der Waals surface area contributed by atoms with Crippen LogP contribution >= 0.6 is 0 Å². The van der Waals surface area contributed by atoms with Gasteiger partial charge in [-0.05, 0) is 17.7 Å². The molecule has 0 atom stereocenters. The van der Waals surface area contributed by atoms with Crippen LogP contribution in [0.4, 0.5) is 11.5 Å². The standard InChI is InChI=1S/C29H31N3O7/c1-34-18-38-23-14-25(28(29(33)37-4)26(15-23)39-19-35-2)30-27-16-24(21-8-6-5-7-9-21)31-32(27)17-20-10-12-22(36-3)13-11-20/h5-16,30H,17-19H2,1-4H3. The van der Waals surface area contributed by atoms with Gasteiger partial charge in [-0.2, -0.15) is 5.10 Å². The molecule has 0 fully saturated rings. The number of ether oxygens (including phenoxy) is 6. The lowest BCUT2D eigenvalue weighted by atomic mass is 10.1. The lowest BCUT2D eigenvalue weighted by Gasteiger charge is -2.18. The SMILES string of the molecule is COCOc1cc(Nc2cc(-c3ccccc3)nn2Cc2ccc(OC)cc2)c(C(=O)OC)c(OCOC)c1. The number of rotatable bonds is 13. The van der Waals surface area contributed by atoms with E-state index in [9.17, 15) is 4.79 Å². The average molecular weight is 534 g/mol. The Balaban J connectivity index is 1.80. The van der Waals surface area contributed by atoms with Crippen LogP contribution < -0.4 is 19.5 Å². The van der Waals surface area contributed by atoms with Gasteiger partial charge in [0.25, 0.3) is 0 Å². The highest BCUT2D eigenvalue weighted by Crippen LogP contribution is 2.36. The lowest BCUT2D eigenvalue weighted by Crippen LogP contribution is -2.13. The smallest absolute Gasteiger partial charge is 0.343 e. The molecule has 0 amide bonds. The van der Waals surface area contributed by atoms with Crippen molar-refractivity contribution in [3.05, 3.63) is 83.9 Å². The Kier molecular flexibility index (Phi) is 9.39. The van der Waals surface area contributed by atoms with Gasteiger partial charge in [-0.15, -0.1) is 0 Å². The maximum Gasteiger partial charge on any atom is 0.343 e. The van der Waals surface area contributed by atoms with Crippen LogP contribution in [0.5, 0.6) is 17.2 Å². The van der Waals surface area contributed by atoms with Crippen LogP contribution in [0.25, 0.3) is 11.3 Å². The van der Waals surface area contributed by atoms with Gasteiger partial charge in [0.2, 0.25) is 0 Å². The van der Waals surface area contributed by atoms with Crippen molar-refractivity contribution in [2.75, 3.05) is 47.3 Å². The van der Waals surface area contributed by atoms with E-state index >= 15 is 0 Å². The molecule has 0 unspecified atom stereocenters. The number of carbonyl (C=O) groups is 1. The topological polar surface area (TPSA) is 102 Å². The zero-order chi connectivity index (χ0) is 27.6. The summed E-state index contributed by atoms with van der Waals surface area (Å²) in [5.41, 5.74) is 3.29. The molecule has 0 saturated heterocycles. The van der Waals surface area contributed by atoms with E-state index in [1.807, 2.05) is 65.3 Å². The number of benzene rings is 3. The summed E-state index contributed by atoms with van der Waals surface area (Å²) >= 11 is 0. The minimum atomic E-state index is -0.591. The van der Waals surface area contributed by atoms with E-state index in [0.29, 0.717) is 23.8 Å². The molecule has 0 aliphatic rings. The molecule has 10 nitrogen and oxygen atoms in total. The molecule has 0 spiro atoms. The molecule has 1 aromatic heterocycles. The average Bonchev–Trinajstić information content (AvgIpc) is 3.37. The number of methoxy groups -OCH3 is 4. The lowest BCUT2D eigenvalue weighted by molar-refractivity contribution is 0.0436. The van der Waals surface area contributed by atoms with Crippen molar-refractivity contribution in [1.29, 1.82) is 0 Å². The Morgan fingerprint density at radius 1 is 0.846 bits per heavy atom. The summed E-state index contributed by atoms with van der Waals surface area (Å²) in [4.78, 5) is 12.9. The number of hydrogen-bond donors (Lipinski definition) is 1. The molecule has 39 heavy (non-hydrogen) atoms. The van der Waals surface area contributed by atoms with Crippen molar-refractivity contribution in [1.82, 2.24) is 9.78 Å². The summed E-state index contributed by atoms with van der Waals surface area (Å²) < 4.78 is 33.7. The summed E-state index contributed by atoms with van der Waals surface area (Å²) in [6.45, 7) is 0.388. The van der Waals surface area contributed by atoms with Crippen LogP contribution in [-0.2, 0) is 20.8 Å². The first-order valence-corrected chi connectivity index (χ1v) is 12.1. The minimum absolute atomic E-state index is 0.00822. The number of esters is 1. The highest BCUT2D eigenvalue weighted by Gasteiger charge is 2.23. The Hall–Kier alpha value is -4.54. The predicted molar refractivity (Wildman–Crippen MR) is 146 cm³/mol. The fourth-order valence-corrected chi connectivity index (χ4v) is 3.88. The van der Waals surface area contributed by atoms with E-state index < -0.39 is 5.97 Å². The molecule has 1 heterocycles. The third kappa shape index (κ3) is 6.86. The second kappa shape index (κ2) is 13.3. The van der Waals surface area contributed by atoms with Crippen molar-refractivity contribution in [3.8, 4) is 28.5 Å². The maximum absolute atomic E-state index is 12.9. The van der Waals surface area contributed by atoms with Crippen molar-refractivity contribution in [3.63, 3.8) is 0 Å².